The molecule has 0 spiro atoms. The molecule has 1 aliphatic heterocycles. The Morgan fingerprint density at radius 1 is 0.609 bits per heavy atom. The molecule has 0 aromatic rings. The molecule has 0 radical (unpaired) electrons. The Hall–Kier alpha value is -1.42. The van der Waals surface area contributed by atoms with Crippen molar-refractivity contribution in [2.75, 3.05) is 13.2 Å². The van der Waals surface area contributed by atoms with Gasteiger partial charge in [0.15, 0.2) is 6.29 Å². The van der Waals surface area contributed by atoms with E-state index in [1.54, 1.807) is 6.08 Å². The maximum Gasteiger partial charge on any atom is 0.397 e. The number of allylic oxidation sites excluding steroid dienone is 3. The number of carbonyl (C=O) groups excluding carboxylic acids is 1. The van der Waals surface area contributed by atoms with Crippen molar-refractivity contribution in [2.24, 2.45) is 0 Å². The molecular formula is C51H97NO11S. The Morgan fingerprint density at radius 3 is 1.41 bits per heavy atom. The fraction of sp³-hybridized carbons (Fsp3) is 0.902. The van der Waals surface area contributed by atoms with Gasteiger partial charge in [0, 0.05) is 6.42 Å². The zero-order chi connectivity index (χ0) is 46.9. The molecule has 12 nitrogen and oxygen atoms in total. The van der Waals surface area contributed by atoms with E-state index in [0.717, 1.165) is 57.8 Å². The zero-order valence-corrected chi connectivity index (χ0v) is 41.4. The first kappa shape index (κ1) is 60.6. The van der Waals surface area contributed by atoms with Crippen molar-refractivity contribution in [1.82, 2.24) is 5.32 Å². The van der Waals surface area contributed by atoms with E-state index in [2.05, 4.69) is 35.5 Å². The Balaban J connectivity index is 2.46. The van der Waals surface area contributed by atoms with Gasteiger partial charge in [-0.05, 0) is 44.9 Å². The van der Waals surface area contributed by atoms with E-state index in [-0.39, 0.29) is 18.9 Å². The first-order valence-corrected chi connectivity index (χ1v) is 27.6. The Kier molecular flexibility index (Phi) is 39.5. The van der Waals surface area contributed by atoms with Gasteiger partial charge in [-0.2, -0.15) is 8.42 Å². The van der Waals surface area contributed by atoms with Crippen molar-refractivity contribution >= 4 is 16.3 Å². The number of hydrogen-bond acceptors (Lipinski definition) is 10. The van der Waals surface area contributed by atoms with E-state index in [9.17, 15) is 38.2 Å². The van der Waals surface area contributed by atoms with Crippen LogP contribution in [0.5, 0.6) is 0 Å². The van der Waals surface area contributed by atoms with Gasteiger partial charge in [-0.25, -0.2) is 4.18 Å². The van der Waals surface area contributed by atoms with Crippen LogP contribution in [-0.2, 0) is 28.9 Å². The molecule has 13 heteroatoms. The van der Waals surface area contributed by atoms with Crippen molar-refractivity contribution in [1.29, 1.82) is 0 Å². The standard InChI is InChI=1S/C51H97NO11S/c1-3-5-7-9-11-13-15-17-19-21-23-24-26-28-30-32-34-36-38-40-45(54)44(43-61-51-49(57)50(63-64(58,59)60)48(56)46(42-53)62-51)52-47(55)41-39-37-35-33-31-29-27-25-22-20-18-16-14-12-10-8-6-4-2/h25,27,38,40,44-46,48-51,53-54,56-57H,3-24,26,28-37,39,41-43H2,1-2H3,(H,52,55)(H,58,59,60)/b27-25-,40-38+. The number of unbranched alkanes of at least 4 members (excludes halogenated alkanes) is 31. The third-order valence-corrected chi connectivity index (χ3v) is 12.9. The molecule has 1 heterocycles. The van der Waals surface area contributed by atoms with Gasteiger partial charge in [-0.1, -0.05) is 212 Å². The second-order valence-corrected chi connectivity index (χ2v) is 19.5. The number of aliphatic hydroxyl groups is 4. The van der Waals surface area contributed by atoms with E-state index in [1.165, 1.54) is 154 Å². The molecule has 1 rings (SSSR count). The van der Waals surface area contributed by atoms with Crippen LogP contribution in [0.2, 0.25) is 0 Å². The van der Waals surface area contributed by atoms with Crippen molar-refractivity contribution in [2.45, 2.75) is 281 Å². The molecule has 64 heavy (non-hydrogen) atoms. The second-order valence-electron chi connectivity index (χ2n) is 18.5. The minimum absolute atomic E-state index is 0.260. The molecule has 0 aromatic carbocycles. The number of rotatable bonds is 45. The Morgan fingerprint density at radius 2 is 1.00 bits per heavy atom. The van der Waals surface area contributed by atoms with Crippen molar-refractivity contribution in [3.63, 3.8) is 0 Å². The van der Waals surface area contributed by atoms with E-state index in [4.69, 9.17) is 9.47 Å². The van der Waals surface area contributed by atoms with Gasteiger partial charge < -0.3 is 35.2 Å². The van der Waals surface area contributed by atoms with Crippen LogP contribution in [0.1, 0.15) is 239 Å². The summed E-state index contributed by atoms with van der Waals surface area (Å²) in [7, 11) is -5.09. The number of nitrogens with one attached hydrogen (secondary N) is 1. The summed E-state index contributed by atoms with van der Waals surface area (Å²) in [6.07, 6.45) is 40.7. The molecule has 378 valence electrons. The summed E-state index contributed by atoms with van der Waals surface area (Å²) in [6, 6.07) is -0.946. The summed E-state index contributed by atoms with van der Waals surface area (Å²) in [5, 5.41) is 44.8. The normalized spacial score (nSPS) is 20.4. The predicted octanol–water partition coefficient (Wildman–Crippen LogP) is 11.3. The smallest absolute Gasteiger partial charge is 0.394 e. The lowest BCUT2D eigenvalue weighted by atomic mass is 9.99. The summed E-state index contributed by atoms with van der Waals surface area (Å²) in [5.74, 6) is -0.269. The Labute approximate surface area is 391 Å². The lowest BCUT2D eigenvalue weighted by Crippen LogP contribution is -2.61. The molecule has 1 saturated heterocycles. The molecular weight excluding hydrogens is 835 g/mol. The van der Waals surface area contributed by atoms with Gasteiger partial charge >= 0.3 is 10.4 Å². The molecule has 7 atom stereocenters. The van der Waals surface area contributed by atoms with E-state index in [0.29, 0.717) is 6.42 Å². The van der Waals surface area contributed by atoms with E-state index < -0.39 is 59.9 Å². The lowest BCUT2D eigenvalue weighted by molar-refractivity contribution is -0.298. The first-order valence-electron chi connectivity index (χ1n) is 26.2. The zero-order valence-electron chi connectivity index (χ0n) is 40.6. The third kappa shape index (κ3) is 34.0. The van der Waals surface area contributed by atoms with E-state index in [1.807, 2.05) is 6.08 Å². The highest BCUT2D eigenvalue weighted by Crippen LogP contribution is 2.26. The highest BCUT2D eigenvalue weighted by Gasteiger charge is 2.48. The predicted molar refractivity (Wildman–Crippen MR) is 259 cm³/mol. The molecule has 0 saturated carbocycles. The van der Waals surface area contributed by atoms with Gasteiger partial charge in [0.05, 0.1) is 25.4 Å². The quantitative estimate of drug-likeness (QED) is 0.0193. The van der Waals surface area contributed by atoms with Crippen molar-refractivity contribution in [3.05, 3.63) is 24.3 Å². The fourth-order valence-electron chi connectivity index (χ4n) is 8.39. The topological polar surface area (TPSA) is 192 Å². The highest BCUT2D eigenvalue weighted by atomic mass is 32.3. The van der Waals surface area contributed by atoms with Gasteiger partial charge in [0.25, 0.3) is 0 Å². The van der Waals surface area contributed by atoms with Crippen LogP contribution >= 0.6 is 0 Å². The minimum Gasteiger partial charge on any atom is -0.394 e. The highest BCUT2D eigenvalue weighted by molar-refractivity contribution is 7.80. The number of aliphatic hydroxyl groups excluding tert-OH is 4. The van der Waals surface area contributed by atoms with Crippen molar-refractivity contribution in [3.8, 4) is 0 Å². The summed E-state index contributed by atoms with van der Waals surface area (Å²) in [4.78, 5) is 13.1. The van der Waals surface area contributed by atoms with Crippen LogP contribution in [0.4, 0.5) is 0 Å². The number of carbonyl (C=O) groups is 1. The van der Waals surface area contributed by atoms with E-state index >= 15 is 0 Å². The molecule has 0 aliphatic carbocycles. The van der Waals surface area contributed by atoms with Gasteiger partial charge in [0.1, 0.15) is 24.4 Å². The molecule has 1 aliphatic rings. The fourth-order valence-corrected chi connectivity index (χ4v) is 8.90. The molecule has 1 amide bonds. The molecule has 0 bridgehead atoms. The lowest BCUT2D eigenvalue weighted by Gasteiger charge is -2.41. The minimum atomic E-state index is -5.09. The largest absolute Gasteiger partial charge is 0.397 e. The van der Waals surface area contributed by atoms with Gasteiger partial charge in [0.2, 0.25) is 5.91 Å². The number of hydrogen-bond donors (Lipinski definition) is 6. The number of amides is 1. The summed E-state index contributed by atoms with van der Waals surface area (Å²) >= 11 is 0. The second kappa shape index (κ2) is 41.7. The Bertz CT molecular complexity index is 1230. The van der Waals surface area contributed by atoms with Crippen LogP contribution in [0, 0.1) is 0 Å². The third-order valence-electron chi connectivity index (χ3n) is 12.5. The maximum atomic E-state index is 13.1. The molecule has 6 N–H and O–H groups in total. The van der Waals surface area contributed by atoms with Crippen molar-refractivity contribution < 1.29 is 51.8 Å². The summed E-state index contributed by atoms with van der Waals surface area (Å²) < 4.78 is 47.7. The molecule has 7 unspecified atom stereocenters. The van der Waals surface area contributed by atoms with Gasteiger partial charge in [-0.3, -0.25) is 9.35 Å². The van der Waals surface area contributed by atoms with Gasteiger partial charge in [-0.15, -0.1) is 0 Å². The van der Waals surface area contributed by atoms with Crippen LogP contribution in [0.25, 0.3) is 0 Å². The van der Waals surface area contributed by atoms with Crippen LogP contribution in [-0.4, -0.2) is 95.4 Å². The first-order chi connectivity index (χ1) is 31.0. The average Bonchev–Trinajstić information content (AvgIpc) is 3.27. The van der Waals surface area contributed by atoms with Crippen LogP contribution in [0.3, 0.4) is 0 Å². The average molecular weight is 932 g/mol. The maximum absolute atomic E-state index is 13.1. The molecule has 0 aromatic heterocycles. The van der Waals surface area contributed by atoms with Crippen LogP contribution in [0.15, 0.2) is 24.3 Å². The number of ether oxygens (including phenoxy) is 2. The van der Waals surface area contributed by atoms with Crippen LogP contribution < -0.4 is 5.32 Å². The monoisotopic (exact) mass is 932 g/mol. The SMILES string of the molecule is CCCCCCCCCCC/C=C\CCCCCCCC(=O)NC(COC1OC(CO)C(O)C(OS(=O)(=O)O)C1O)C(O)/C=C/CCCCCCCCCCCCCCCCCCC. The summed E-state index contributed by atoms with van der Waals surface area (Å²) in [5.41, 5.74) is 0. The summed E-state index contributed by atoms with van der Waals surface area (Å²) in [6.45, 7) is 3.41. The molecule has 1 fully saturated rings.